The maximum absolute atomic E-state index is 14.0. The first-order valence-corrected chi connectivity index (χ1v) is 14.7. The van der Waals surface area contributed by atoms with Crippen molar-refractivity contribution in [1.82, 2.24) is 15.1 Å². The van der Waals surface area contributed by atoms with E-state index >= 15 is 0 Å². The van der Waals surface area contributed by atoms with Crippen LogP contribution in [-0.2, 0) is 22.4 Å². The molecule has 2 amide bonds. The van der Waals surface area contributed by atoms with Gasteiger partial charge in [0.1, 0.15) is 5.75 Å². The molecular formula is C35H41N3O3. The Bertz CT molecular complexity index is 1380. The number of carbonyl (C=O) groups is 2. The van der Waals surface area contributed by atoms with Crippen molar-refractivity contribution in [3.8, 4) is 5.75 Å². The van der Waals surface area contributed by atoms with E-state index in [1.807, 2.05) is 53.2 Å². The number of benzene rings is 3. The van der Waals surface area contributed by atoms with Crippen molar-refractivity contribution in [2.24, 2.45) is 0 Å². The number of nitrogens with zero attached hydrogens (tertiary/aromatic N) is 2. The Morgan fingerprint density at radius 1 is 0.927 bits per heavy atom. The maximum atomic E-state index is 14.0. The molecule has 3 aromatic rings. The van der Waals surface area contributed by atoms with Crippen molar-refractivity contribution < 1.29 is 14.3 Å². The Labute approximate surface area is 244 Å². The van der Waals surface area contributed by atoms with Gasteiger partial charge in [0.05, 0.1) is 12.6 Å². The molecule has 0 aliphatic carbocycles. The predicted molar refractivity (Wildman–Crippen MR) is 164 cm³/mol. The third-order valence-electron chi connectivity index (χ3n) is 8.27. The quantitative estimate of drug-likeness (QED) is 0.358. The number of likely N-dealkylation sites (N-methyl/N-ethyl adjacent to an activating group) is 1. The first-order valence-electron chi connectivity index (χ1n) is 14.7. The van der Waals surface area contributed by atoms with Crippen molar-refractivity contribution in [1.29, 1.82) is 0 Å². The lowest BCUT2D eigenvalue weighted by atomic mass is 9.82. The van der Waals surface area contributed by atoms with Gasteiger partial charge in [0.25, 0.3) is 5.91 Å². The number of piperazine rings is 1. The van der Waals surface area contributed by atoms with Crippen molar-refractivity contribution in [2.75, 3.05) is 33.3 Å². The number of hydrogen-bond donors (Lipinski definition) is 1. The first-order chi connectivity index (χ1) is 19.9. The smallest absolute Gasteiger partial charge is 0.251 e. The van der Waals surface area contributed by atoms with Crippen LogP contribution in [0.1, 0.15) is 42.0 Å². The lowest BCUT2D eigenvalue weighted by molar-refractivity contribution is -0.132. The summed E-state index contributed by atoms with van der Waals surface area (Å²) in [6.07, 6.45) is 3.38. The molecule has 2 bridgehead atoms. The molecule has 2 aliphatic heterocycles. The molecule has 6 nitrogen and oxygen atoms in total. The van der Waals surface area contributed by atoms with E-state index in [1.54, 1.807) is 6.92 Å². The van der Waals surface area contributed by atoms with Crippen LogP contribution in [0.15, 0.2) is 84.4 Å². The van der Waals surface area contributed by atoms with E-state index in [2.05, 4.69) is 54.7 Å². The third kappa shape index (κ3) is 7.06. The molecule has 6 heteroatoms. The molecule has 0 spiro atoms. The SMILES string of the molecule is CC(=O)N1CC2CC(c3ccc(CCCOc4ccccc4C)cc3)=C(C(=O)N(C)CCc3ccccc3)[C@@H](C1)N2. The zero-order valence-electron chi connectivity index (χ0n) is 24.4. The van der Waals surface area contributed by atoms with Crippen LogP contribution in [0.3, 0.4) is 0 Å². The van der Waals surface area contributed by atoms with E-state index in [0.717, 1.165) is 53.7 Å². The minimum absolute atomic E-state index is 0.0368. The number of carbonyl (C=O) groups excluding carboxylic acids is 2. The molecular weight excluding hydrogens is 510 g/mol. The second kappa shape index (κ2) is 13.2. The predicted octanol–water partition coefficient (Wildman–Crippen LogP) is 5.05. The first kappa shape index (κ1) is 28.6. The number of fused-ring (bicyclic) bond motifs is 2. The van der Waals surface area contributed by atoms with Gasteiger partial charge < -0.3 is 19.9 Å². The van der Waals surface area contributed by atoms with Gasteiger partial charge in [-0.2, -0.15) is 0 Å². The Hall–Kier alpha value is -3.90. The summed E-state index contributed by atoms with van der Waals surface area (Å²) in [6, 6.07) is 27.0. The van der Waals surface area contributed by atoms with Crippen LogP contribution in [0.2, 0.25) is 0 Å². The van der Waals surface area contributed by atoms with E-state index in [-0.39, 0.29) is 23.9 Å². The Kier molecular flexibility index (Phi) is 9.20. The number of amides is 2. The van der Waals surface area contributed by atoms with E-state index in [1.165, 1.54) is 11.1 Å². The summed E-state index contributed by atoms with van der Waals surface area (Å²) in [5.74, 6) is 1.04. The second-order valence-corrected chi connectivity index (χ2v) is 11.3. The molecule has 1 unspecified atom stereocenters. The maximum Gasteiger partial charge on any atom is 0.251 e. The summed E-state index contributed by atoms with van der Waals surface area (Å²) in [5.41, 5.74) is 6.61. The number of ether oxygens (including phenoxy) is 1. The fourth-order valence-corrected chi connectivity index (χ4v) is 5.92. The van der Waals surface area contributed by atoms with E-state index in [4.69, 9.17) is 4.74 Å². The molecule has 5 rings (SSSR count). The molecule has 1 N–H and O–H groups in total. The molecule has 3 aromatic carbocycles. The van der Waals surface area contributed by atoms with Crippen LogP contribution in [-0.4, -0.2) is 67.0 Å². The molecule has 1 saturated heterocycles. The van der Waals surface area contributed by atoms with Crippen LogP contribution >= 0.6 is 0 Å². The largest absolute Gasteiger partial charge is 0.493 e. The minimum atomic E-state index is -0.175. The van der Waals surface area contributed by atoms with Crippen LogP contribution in [0.25, 0.3) is 5.57 Å². The molecule has 1 fully saturated rings. The fourth-order valence-electron chi connectivity index (χ4n) is 5.92. The highest BCUT2D eigenvalue weighted by Crippen LogP contribution is 2.34. The topological polar surface area (TPSA) is 61.9 Å². The summed E-state index contributed by atoms with van der Waals surface area (Å²) in [6.45, 7) is 6.17. The second-order valence-electron chi connectivity index (χ2n) is 11.3. The summed E-state index contributed by atoms with van der Waals surface area (Å²) < 4.78 is 5.97. The van der Waals surface area contributed by atoms with Crippen LogP contribution in [0, 0.1) is 6.92 Å². The van der Waals surface area contributed by atoms with Crippen molar-refractivity contribution in [2.45, 2.75) is 51.6 Å². The van der Waals surface area contributed by atoms with Gasteiger partial charge in [-0.05, 0) is 66.5 Å². The van der Waals surface area contributed by atoms with Crippen molar-refractivity contribution in [3.05, 3.63) is 107 Å². The Balaban J connectivity index is 1.31. The fraction of sp³-hybridized carbons (Fsp3) is 0.371. The van der Waals surface area contributed by atoms with E-state index in [0.29, 0.717) is 26.2 Å². The summed E-state index contributed by atoms with van der Waals surface area (Å²) in [5, 5.41) is 3.65. The zero-order chi connectivity index (χ0) is 28.8. The molecule has 2 heterocycles. The third-order valence-corrected chi connectivity index (χ3v) is 8.27. The highest BCUT2D eigenvalue weighted by Gasteiger charge is 2.39. The highest BCUT2D eigenvalue weighted by atomic mass is 16.5. The molecule has 0 radical (unpaired) electrons. The summed E-state index contributed by atoms with van der Waals surface area (Å²) >= 11 is 0. The van der Waals surface area contributed by atoms with Gasteiger partial charge in [-0.1, -0.05) is 72.8 Å². The molecule has 41 heavy (non-hydrogen) atoms. The van der Waals surface area contributed by atoms with Gasteiger partial charge in [0, 0.05) is 45.2 Å². The van der Waals surface area contributed by atoms with Gasteiger partial charge in [0.2, 0.25) is 5.91 Å². The van der Waals surface area contributed by atoms with Crippen LogP contribution in [0.5, 0.6) is 5.75 Å². The summed E-state index contributed by atoms with van der Waals surface area (Å²) in [7, 11) is 1.88. The van der Waals surface area contributed by atoms with E-state index < -0.39 is 0 Å². The van der Waals surface area contributed by atoms with Gasteiger partial charge >= 0.3 is 0 Å². The van der Waals surface area contributed by atoms with Gasteiger partial charge in [-0.25, -0.2) is 0 Å². The average Bonchev–Trinajstić information content (AvgIpc) is 2.99. The Morgan fingerprint density at radius 2 is 1.63 bits per heavy atom. The number of aryl methyl sites for hydroxylation is 2. The molecule has 2 aliphatic rings. The monoisotopic (exact) mass is 551 g/mol. The van der Waals surface area contributed by atoms with Gasteiger partial charge in [-0.15, -0.1) is 0 Å². The van der Waals surface area contributed by atoms with Crippen LogP contribution < -0.4 is 10.1 Å². The Morgan fingerprint density at radius 3 is 2.37 bits per heavy atom. The highest BCUT2D eigenvalue weighted by molar-refractivity contribution is 6.03. The van der Waals surface area contributed by atoms with Gasteiger partial charge in [0.15, 0.2) is 0 Å². The lowest BCUT2D eigenvalue weighted by Crippen LogP contribution is -2.61. The molecule has 0 saturated carbocycles. The number of nitrogens with one attached hydrogen (secondary N) is 1. The summed E-state index contributed by atoms with van der Waals surface area (Å²) in [4.78, 5) is 30.0. The number of para-hydroxylation sites is 1. The number of rotatable bonds is 10. The average molecular weight is 552 g/mol. The normalized spacial score (nSPS) is 18.3. The van der Waals surface area contributed by atoms with Crippen LogP contribution in [0.4, 0.5) is 0 Å². The lowest BCUT2D eigenvalue weighted by Gasteiger charge is -2.44. The van der Waals surface area contributed by atoms with Crippen molar-refractivity contribution in [3.63, 3.8) is 0 Å². The minimum Gasteiger partial charge on any atom is -0.493 e. The number of hydrogen-bond acceptors (Lipinski definition) is 4. The van der Waals surface area contributed by atoms with Crippen molar-refractivity contribution >= 4 is 17.4 Å². The molecule has 0 aromatic heterocycles. The standard InChI is InChI=1S/C35H41N3O3/c1-25-10-7-8-14-33(25)41-21-9-13-28-15-17-29(18-16-28)31-22-30-23-38(26(2)39)24-32(36-30)34(31)35(40)37(3)20-19-27-11-5-4-6-12-27/h4-8,10-12,14-18,30,32,36H,9,13,19-24H2,1-3H3/t30?,32-/m1/s1. The molecule has 2 atom stereocenters. The van der Waals surface area contributed by atoms with Gasteiger partial charge in [-0.3, -0.25) is 9.59 Å². The molecule has 214 valence electrons. The zero-order valence-corrected chi connectivity index (χ0v) is 24.4. The van der Waals surface area contributed by atoms with E-state index in [9.17, 15) is 9.59 Å².